The first kappa shape index (κ1) is 9.99. The molecular formula is C7H12KN3. The average Bonchev–Trinajstić information content (AvgIpc) is 2.05. The predicted molar refractivity (Wildman–Crippen MR) is 41.3 cm³/mol. The predicted octanol–water partition coefficient (Wildman–Crippen LogP) is -2.17. The molecule has 1 saturated heterocycles. The zero-order valence-electron chi connectivity index (χ0n) is 7.08. The molecule has 2 heterocycles. The minimum Gasteiger partial charge on any atom is -0.426 e. The number of hydrogen-bond donors (Lipinski definition) is 0. The van der Waals surface area contributed by atoms with E-state index in [1.807, 2.05) is 0 Å². The maximum atomic E-state index is 4.33. The Bertz CT molecular complexity index is 158. The molecule has 0 aromatic rings. The third-order valence-electron chi connectivity index (χ3n) is 1.96. The van der Waals surface area contributed by atoms with Crippen LogP contribution in [0.2, 0.25) is 0 Å². The van der Waals surface area contributed by atoms with Crippen LogP contribution in [-0.4, -0.2) is 37.0 Å². The number of nitrogens with zero attached hydrogens (tertiary/aromatic N) is 3. The van der Waals surface area contributed by atoms with Gasteiger partial charge in [0.05, 0.1) is 0 Å². The van der Waals surface area contributed by atoms with Crippen LogP contribution in [-0.2, 0) is 0 Å². The van der Waals surface area contributed by atoms with Crippen molar-refractivity contribution in [1.82, 2.24) is 4.90 Å². The van der Waals surface area contributed by atoms with Gasteiger partial charge >= 0.3 is 51.4 Å². The summed E-state index contributed by atoms with van der Waals surface area (Å²) in [4.78, 5) is 6.61. The van der Waals surface area contributed by atoms with Gasteiger partial charge in [-0.3, -0.25) is 0 Å². The van der Waals surface area contributed by atoms with Crippen molar-refractivity contribution < 1.29 is 51.4 Å². The van der Waals surface area contributed by atoms with Crippen LogP contribution in [0.1, 0.15) is 12.8 Å². The second kappa shape index (κ2) is 4.82. The van der Waals surface area contributed by atoms with Crippen LogP contribution in [0.5, 0.6) is 0 Å². The van der Waals surface area contributed by atoms with Gasteiger partial charge in [0.2, 0.25) is 0 Å². The quantitative estimate of drug-likeness (QED) is 0.387. The molecule has 2 rings (SSSR count). The Hall–Kier alpha value is 0.906. The standard InChI is InChI=1S/C7H12N3.K/c1-3-8-7-9-4-2-6-10(7)5-1;/h1-6H2;/q-1;+1. The molecule has 0 aliphatic carbocycles. The molecule has 0 saturated carbocycles. The molecule has 56 valence electrons. The van der Waals surface area contributed by atoms with Crippen LogP contribution in [0.3, 0.4) is 0 Å². The summed E-state index contributed by atoms with van der Waals surface area (Å²) in [6, 6.07) is 0. The fourth-order valence-corrected chi connectivity index (χ4v) is 1.44. The molecule has 0 amide bonds. The van der Waals surface area contributed by atoms with Crippen LogP contribution in [0.15, 0.2) is 4.99 Å². The third kappa shape index (κ3) is 2.42. The summed E-state index contributed by atoms with van der Waals surface area (Å²) in [6.07, 6.45) is 2.41. The van der Waals surface area contributed by atoms with Gasteiger partial charge in [-0.05, 0) is 39.0 Å². The van der Waals surface area contributed by atoms with E-state index >= 15 is 0 Å². The first-order valence-electron chi connectivity index (χ1n) is 3.94. The minimum atomic E-state index is 0. The number of rotatable bonds is 0. The number of guanidine groups is 1. The van der Waals surface area contributed by atoms with Crippen LogP contribution in [0, 0.1) is 0 Å². The van der Waals surface area contributed by atoms with E-state index < -0.39 is 0 Å². The summed E-state index contributed by atoms with van der Waals surface area (Å²) in [5.74, 6) is 1.01. The monoisotopic (exact) mass is 177 g/mol. The Morgan fingerprint density at radius 3 is 2.91 bits per heavy atom. The Morgan fingerprint density at radius 2 is 2.09 bits per heavy atom. The second-order valence-corrected chi connectivity index (χ2v) is 2.76. The smallest absolute Gasteiger partial charge is 0.426 e. The summed E-state index contributed by atoms with van der Waals surface area (Å²) < 4.78 is 0. The first-order chi connectivity index (χ1) is 4.97. The molecule has 1 fully saturated rings. The van der Waals surface area contributed by atoms with Crippen LogP contribution >= 0.6 is 0 Å². The van der Waals surface area contributed by atoms with Crippen molar-refractivity contribution in [2.75, 3.05) is 26.2 Å². The van der Waals surface area contributed by atoms with Crippen LogP contribution < -0.4 is 51.4 Å². The van der Waals surface area contributed by atoms with Gasteiger partial charge in [0, 0.05) is 5.96 Å². The SMILES string of the molecule is C1CN=C2[N-]CCCN2C1.[K+]. The minimum absolute atomic E-state index is 0. The summed E-state index contributed by atoms with van der Waals surface area (Å²) in [5, 5.41) is 4.33. The molecule has 0 N–H and O–H groups in total. The molecule has 0 aromatic heterocycles. The molecule has 2 aliphatic rings. The van der Waals surface area contributed by atoms with E-state index in [0.29, 0.717) is 0 Å². The van der Waals surface area contributed by atoms with E-state index in [1.165, 1.54) is 25.9 Å². The molecular weight excluding hydrogens is 165 g/mol. The van der Waals surface area contributed by atoms with Gasteiger partial charge in [-0.25, -0.2) is 0 Å². The zero-order chi connectivity index (χ0) is 6.81. The van der Waals surface area contributed by atoms with Gasteiger partial charge in [0.1, 0.15) is 0 Å². The number of fused-ring (bicyclic) bond motifs is 1. The van der Waals surface area contributed by atoms with Crippen molar-refractivity contribution in [3.63, 3.8) is 0 Å². The summed E-state index contributed by atoms with van der Waals surface area (Å²) in [7, 11) is 0. The van der Waals surface area contributed by atoms with Crippen LogP contribution in [0.4, 0.5) is 0 Å². The third-order valence-corrected chi connectivity index (χ3v) is 1.96. The van der Waals surface area contributed by atoms with Crippen molar-refractivity contribution in [3.8, 4) is 0 Å². The van der Waals surface area contributed by atoms with E-state index in [4.69, 9.17) is 0 Å². The summed E-state index contributed by atoms with van der Waals surface area (Å²) in [5.41, 5.74) is 0. The van der Waals surface area contributed by atoms with Crippen molar-refractivity contribution >= 4 is 5.96 Å². The largest absolute Gasteiger partial charge is 1.00 e. The maximum absolute atomic E-state index is 4.33. The van der Waals surface area contributed by atoms with E-state index in [0.717, 1.165) is 19.0 Å². The molecule has 0 bridgehead atoms. The van der Waals surface area contributed by atoms with E-state index in [2.05, 4.69) is 15.2 Å². The van der Waals surface area contributed by atoms with E-state index in [1.54, 1.807) is 0 Å². The molecule has 2 aliphatic heterocycles. The first-order valence-corrected chi connectivity index (χ1v) is 3.94. The molecule has 0 aromatic carbocycles. The Morgan fingerprint density at radius 1 is 1.27 bits per heavy atom. The molecule has 0 radical (unpaired) electrons. The number of aliphatic imine (C=N–C) groups is 1. The van der Waals surface area contributed by atoms with Crippen LogP contribution in [0.25, 0.3) is 5.32 Å². The molecule has 0 unspecified atom stereocenters. The van der Waals surface area contributed by atoms with Gasteiger partial charge in [-0.15, -0.1) is 0 Å². The normalized spacial score (nSPS) is 22.5. The fraction of sp³-hybridized carbons (Fsp3) is 0.857. The van der Waals surface area contributed by atoms with Crippen molar-refractivity contribution in [2.24, 2.45) is 4.99 Å². The average molecular weight is 177 g/mol. The van der Waals surface area contributed by atoms with E-state index in [-0.39, 0.29) is 51.4 Å². The molecule has 0 atom stereocenters. The fourth-order valence-electron chi connectivity index (χ4n) is 1.44. The Kier molecular flexibility index (Phi) is 4.37. The number of hydrogen-bond acceptors (Lipinski definition) is 2. The molecule has 4 heteroatoms. The topological polar surface area (TPSA) is 29.7 Å². The van der Waals surface area contributed by atoms with Gasteiger partial charge < -0.3 is 15.2 Å². The van der Waals surface area contributed by atoms with Gasteiger partial charge in [0.25, 0.3) is 0 Å². The summed E-state index contributed by atoms with van der Waals surface area (Å²) >= 11 is 0. The van der Waals surface area contributed by atoms with Crippen molar-refractivity contribution in [3.05, 3.63) is 5.32 Å². The van der Waals surface area contributed by atoms with E-state index in [9.17, 15) is 0 Å². The van der Waals surface area contributed by atoms with Gasteiger partial charge in [0.15, 0.2) is 0 Å². The zero-order valence-corrected chi connectivity index (χ0v) is 10.2. The maximum Gasteiger partial charge on any atom is 1.00 e. The van der Waals surface area contributed by atoms with Gasteiger partial charge in [-0.2, -0.15) is 0 Å². The van der Waals surface area contributed by atoms with Gasteiger partial charge in [-0.1, -0.05) is 0 Å². The molecule has 11 heavy (non-hydrogen) atoms. The molecule has 0 spiro atoms. The summed E-state index contributed by atoms with van der Waals surface area (Å²) in [6.45, 7) is 4.30. The Balaban J connectivity index is 0.000000605. The second-order valence-electron chi connectivity index (χ2n) is 2.76. The van der Waals surface area contributed by atoms with Crippen molar-refractivity contribution in [1.29, 1.82) is 0 Å². The Labute approximate surface area is 110 Å². The molecule has 3 nitrogen and oxygen atoms in total. The van der Waals surface area contributed by atoms with Crippen molar-refractivity contribution in [2.45, 2.75) is 12.8 Å².